The maximum Gasteiger partial charge on any atom is 0.194 e. The van der Waals surface area contributed by atoms with Gasteiger partial charge in [0, 0.05) is 24.6 Å². The Labute approximate surface area is 102 Å². The Bertz CT molecular complexity index is 404. The summed E-state index contributed by atoms with van der Waals surface area (Å²) in [4.78, 5) is 14.5. The zero-order chi connectivity index (χ0) is 12.5. The minimum atomic E-state index is -1.20. The molecule has 92 valence electrons. The summed E-state index contributed by atoms with van der Waals surface area (Å²) in [5.74, 6) is -0.173. The summed E-state index contributed by atoms with van der Waals surface area (Å²) in [5.41, 5.74) is -0.597. The van der Waals surface area contributed by atoms with Gasteiger partial charge in [-0.25, -0.2) is 0 Å². The van der Waals surface area contributed by atoms with Crippen LogP contribution in [0.3, 0.4) is 0 Å². The Morgan fingerprint density at radius 3 is 2.65 bits per heavy atom. The molecule has 0 saturated carbocycles. The first-order valence-electron chi connectivity index (χ1n) is 6.05. The van der Waals surface area contributed by atoms with Crippen molar-refractivity contribution in [3.8, 4) is 0 Å². The molecule has 1 aliphatic rings. The third-order valence-electron chi connectivity index (χ3n) is 3.70. The van der Waals surface area contributed by atoms with E-state index in [0.717, 1.165) is 13.1 Å². The van der Waals surface area contributed by atoms with Crippen LogP contribution in [0.25, 0.3) is 0 Å². The Kier molecular flexibility index (Phi) is 3.31. The Morgan fingerprint density at radius 2 is 2.06 bits per heavy atom. The number of benzene rings is 1. The van der Waals surface area contributed by atoms with Crippen molar-refractivity contribution < 1.29 is 9.90 Å². The van der Waals surface area contributed by atoms with Crippen molar-refractivity contribution in [2.45, 2.75) is 18.9 Å². The zero-order valence-corrected chi connectivity index (χ0v) is 10.4. The molecule has 0 amide bonds. The van der Waals surface area contributed by atoms with E-state index in [0.29, 0.717) is 12.0 Å². The highest BCUT2D eigenvalue weighted by molar-refractivity contribution is 6.02. The van der Waals surface area contributed by atoms with E-state index in [1.165, 1.54) is 0 Å². The van der Waals surface area contributed by atoms with Gasteiger partial charge in [0.05, 0.1) is 0 Å². The van der Waals surface area contributed by atoms with Gasteiger partial charge in [0.2, 0.25) is 0 Å². The molecule has 1 heterocycles. The quantitative estimate of drug-likeness (QED) is 0.788. The van der Waals surface area contributed by atoms with Crippen LogP contribution in [0.4, 0.5) is 0 Å². The first kappa shape index (κ1) is 12.3. The van der Waals surface area contributed by atoms with Crippen molar-refractivity contribution >= 4 is 5.78 Å². The lowest BCUT2D eigenvalue weighted by molar-refractivity contribution is -0.0365. The molecule has 0 aromatic heterocycles. The molecule has 3 nitrogen and oxygen atoms in total. The lowest BCUT2D eigenvalue weighted by Crippen LogP contribution is -2.54. The van der Waals surface area contributed by atoms with Gasteiger partial charge in [-0.15, -0.1) is 0 Å². The molecule has 1 aliphatic heterocycles. The minimum absolute atomic E-state index is 0.0334. The van der Waals surface area contributed by atoms with Crippen molar-refractivity contribution in [2.75, 3.05) is 20.1 Å². The molecular weight excluding hydrogens is 214 g/mol. The van der Waals surface area contributed by atoms with E-state index in [1.807, 2.05) is 32.2 Å². The molecule has 1 fully saturated rings. The average Bonchev–Trinajstić information content (AvgIpc) is 2.34. The summed E-state index contributed by atoms with van der Waals surface area (Å²) in [6, 6.07) is 9.07. The van der Waals surface area contributed by atoms with E-state index < -0.39 is 5.60 Å². The molecular formula is C14H19NO2. The Hall–Kier alpha value is -1.19. The molecule has 1 aromatic rings. The summed E-state index contributed by atoms with van der Waals surface area (Å²) in [5, 5.41) is 10.6. The molecule has 1 N–H and O–H groups in total. The lowest BCUT2D eigenvalue weighted by atomic mass is 9.77. The van der Waals surface area contributed by atoms with Crippen molar-refractivity contribution in [1.29, 1.82) is 0 Å². The first-order chi connectivity index (χ1) is 8.04. The summed E-state index contributed by atoms with van der Waals surface area (Å²) >= 11 is 0. The van der Waals surface area contributed by atoms with Crippen LogP contribution in [0.5, 0.6) is 0 Å². The predicted molar refractivity (Wildman–Crippen MR) is 67.0 cm³/mol. The van der Waals surface area contributed by atoms with Crippen LogP contribution in [0.1, 0.15) is 23.7 Å². The number of likely N-dealkylation sites (tertiary alicyclic amines) is 1. The van der Waals surface area contributed by atoms with Crippen LogP contribution < -0.4 is 0 Å². The second-order valence-electron chi connectivity index (χ2n) is 5.03. The van der Waals surface area contributed by atoms with Crippen LogP contribution in [0.2, 0.25) is 0 Å². The van der Waals surface area contributed by atoms with Crippen molar-refractivity contribution in [2.24, 2.45) is 5.92 Å². The third-order valence-corrected chi connectivity index (χ3v) is 3.70. The molecule has 0 unspecified atom stereocenters. The SMILES string of the molecule is C[C@H]1CN(C)CC[C@]1(O)C(=O)c1ccccc1. The number of piperidine rings is 1. The zero-order valence-electron chi connectivity index (χ0n) is 10.4. The van der Waals surface area contributed by atoms with Gasteiger partial charge < -0.3 is 10.0 Å². The second-order valence-corrected chi connectivity index (χ2v) is 5.03. The number of carbonyl (C=O) groups is 1. The van der Waals surface area contributed by atoms with Gasteiger partial charge in [0.15, 0.2) is 5.78 Å². The molecule has 2 atom stereocenters. The van der Waals surface area contributed by atoms with Gasteiger partial charge in [-0.05, 0) is 13.5 Å². The average molecular weight is 233 g/mol. The lowest BCUT2D eigenvalue weighted by Gasteiger charge is -2.40. The molecule has 0 radical (unpaired) electrons. The second kappa shape index (κ2) is 4.59. The fourth-order valence-electron chi connectivity index (χ4n) is 2.49. The predicted octanol–water partition coefficient (Wildman–Crippen LogP) is 1.57. The molecule has 0 spiro atoms. The topological polar surface area (TPSA) is 40.5 Å². The van der Waals surface area contributed by atoms with Gasteiger partial charge in [0.25, 0.3) is 0 Å². The Morgan fingerprint density at radius 1 is 1.41 bits per heavy atom. The highest BCUT2D eigenvalue weighted by Gasteiger charge is 2.44. The van der Waals surface area contributed by atoms with Crippen molar-refractivity contribution in [3.63, 3.8) is 0 Å². The van der Waals surface area contributed by atoms with Crippen LogP contribution in [-0.4, -0.2) is 41.5 Å². The number of aliphatic hydroxyl groups is 1. The molecule has 2 rings (SSSR count). The molecule has 0 bridgehead atoms. The summed E-state index contributed by atoms with van der Waals surface area (Å²) in [6.07, 6.45) is 0.512. The van der Waals surface area contributed by atoms with Gasteiger partial charge in [0.1, 0.15) is 5.60 Å². The van der Waals surface area contributed by atoms with E-state index in [9.17, 15) is 9.90 Å². The van der Waals surface area contributed by atoms with Crippen molar-refractivity contribution in [3.05, 3.63) is 35.9 Å². The van der Waals surface area contributed by atoms with Crippen LogP contribution in [0.15, 0.2) is 30.3 Å². The largest absolute Gasteiger partial charge is 0.381 e. The maximum atomic E-state index is 12.4. The monoisotopic (exact) mass is 233 g/mol. The highest BCUT2D eigenvalue weighted by atomic mass is 16.3. The fourth-order valence-corrected chi connectivity index (χ4v) is 2.49. The van der Waals surface area contributed by atoms with Gasteiger partial charge in [-0.1, -0.05) is 37.3 Å². The van der Waals surface area contributed by atoms with E-state index >= 15 is 0 Å². The van der Waals surface area contributed by atoms with Gasteiger partial charge in [-0.2, -0.15) is 0 Å². The van der Waals surface area contributed by atoms with Crippen LogP contribution in [0, 0.1) is 5.92 Å². The summed E-state index contributed by atoms with van der Waals surface area (Å²) < 4.78 is 0. The molecule has 17 heavy (non-hydrogen) atoms. The molecule has 1 saturated heterocycles. The number of hydrogen-bond donors (Lipinski definition) is 1. The van der Waals surface area contributed by atoms with E-state index in [-0.39, 0.29) is 11.7 Å². The molecule has 0 aliphatic carbocycles. The number of nitrogens with zero attached hydrogens (tertiary/aromatic N) is 1. The molecule has 1 aromatic carbocycles. The van der Waals surface area contributed by atoms with E-state index in [4.69, 9.17) is 0 Å². The number of Topliss-reactive ketones (excluding diaryl/α,β-unsaturated/α-hetero) is 1. The van der Waals surface area contributed by atoms with Gasteiger partial charge in [-0.3, -0.25) is 4.79 Å². The smallest absolute Gasteiger partial charge is 0.194 e. The third kappa shape index (κ3) is 2.26. The standard InChI is InChI=1S/C14H19NO2/c1-11-10-15(2)9-8-14(11,17)13(16)12-6-4-3-5-7-12/h3-7,11,17H,8-10H2,1-2H3/t11-,14+/m0/s1. The normalized spacial score (nSPS) is 30.2. The summed E-state index contributed by atoms with van der Waals surface area (Å²) in [6.45, 7) is 3.46. The Balaban J connectivity index is 2.24. The summed E-state index contributed by atoms with van der Waals surface area (Å²) in [7, 11) is 2.02. The fraction of sp³-hybridized carbons (Fsp3) is 0.500. The number of carbonyl (C=O) groups excluding carboxylic acids is 1. The van der Waals surface area contributed by atoms with Crippen LogP contribution in [-0.2, 0) is 0 Å². The highest BCUT2D eigenvalue weighted by Crippen LogP contribution is 2.30. The van der Waals surface area contributed by atoms with E-state index in [2.05, 4.69) is 4.90 Å². The van der Waals surface area contributed by atoms with Gasteiger partial charge >= 0.3 is 0 Å². The number of hydrogen-bond acceptors (Lipinski definition) is 3. The van der Waals surface area contributed by atoms with Crippen molar-refractivity contribution in [1.82, 2.24) is 4.90 Å². The number of rotatable bonds is 2. The minimum Gasteiger partial charge on any atom is -0.381 e. The molecule has 3 heteroatoms. The number of ketones is 1. The van der Waals surface area contributed by atoms with E-state index in [1.54, 1.807) is 12.1 Å². The van der Waals surface area contributed by atoms with Crippen LogP contribution >= 0.6 is 0 Å². The maximum absolute atomic E-state index is 12.4. The first-order valence-corrected chi connectivity index (χ1v) is 6.05.